The highest BCUT2D eigenvalue weighted by molar-refractivity contribution is 6.32. The molecule has 0 radical (unpaired) electrons. The monoisotopic (exact) mass is 378 g/mol. The molecular formula is C21H15ClN2O3. The summed E-state index contributed by atoms with van der Waals surface area (Å²) in [5, 5.41) is 30.0. The molecule has 0 amide bonds. The third-order valence-electron chi connectivity index (χ3n) is 4.84. The summed E-state index contributed by atoms with van der Waals surface area (Å²) in [7, 11) is 1.43. The van der Waals surface area contributed by atoms with Gasteiger partial charge in [-0.15, -0.1) is 0 Å². The number of rotatable bonds is 2. The van der Waals surface area contributed by atoms with Gasteiger partial charge >= 0.3 is 0 Å². The van der Waals surface area contributed by atoms with Crippen molar-refractivity contribution in [1.29, 1.82) is 10.7 Å². The Balaban J connectivity index is 2.00. The van der Waals surface area contributed by atoms with Crippen molar-refractivity contribution in [2.24, 2.45) is 5.92 Å². The predicted octanol–water partition coefficient (Wildman–Crippen LogP) is 4.85. The van der Waals surface area contributed by atoms with Gasteiger partial charge in [0.05, 0.1) is 18.2 Å². The van der Waals surface area contributed by atoms with Gasteiger partial charge in [-0.25, -0.2) is 0 Å². The zero-order chi connectivity index (χ0) is 19.1. The maximum Gasteiger partial charge on any atom is 0.205 e. The summed E-state index contributed by atoms with van der Waals surface area (Å²) in [6.45, 7) is 0. The highest BCUT2D eigenvalue weighted by Crippen LogP contribution is 2.47. The van der Waals surface area contributed by atoms with Crippen molar-refractivity contribution < 1.29 is 14.6 Å². The molecule has 27 heavy (non-hydrogen) atoms. The Bertz CT molecular complexity index is 1120. The van der Waals surface area contributed by atoms with Gasteiger partial charge in [-0.3, -0.25) is 5.41 Å². The number of phenolic OH excluding ortho intramolecular Hbond substituents is 1. The molecule has 0 aromatic heterocycles. The van der Waals surface area contributed by atoms with Gasteiger partial charge in [0.1, 0.15) is 11.7 Å². The van der Waals surface area contributed by atoms with E-state index in [1.807, 2.05) is 36.4 Å². The van der Waals surface area contributed by atoms with E-state index in [2.05, 4.69) is 6.07 Å². The molecule has 0 bridgehead atoms. The molecular weight excluding hydrogens is 364 g/mol. The molecule has 2 N–H and O–H groups in total. The average Bonchev–Trinajstić information content (AvgIpc) is 2.68. The molecule has 4 rings (SSSR count). The summed E-state index contributed by atoms with van der Waals surface area (Å²) in [4.78, 5) is 0. The Morgan fingerprint density at radius 3 is 2.74 bits per heavy atom. The van der Waals surface area contributed by atoms with Gasteiger partial charge in [0, 0.05) is 16.9 Å². The van der Waals surface area contributed by atoms with Crippen LogP contribution in [0.3, 0.4) is 0 Å². The molecule has 1 aliphatic heterocycles. The van der Waals surface area contributed by atoms with Crippen molar-refractivity contribution >= 4 is 28.3 Å². The second-order valence-electron chi connectivity index (χ2n) is 6.31. The van der Waals surface area contributed by atoms with Crippen LogP contribution < -0.4 is 9.47 Å². The molecule has 2 unspecified atom stereocenters. The topological polar surface area (TPSA) is 86.3 Å². The highest BCUT2D eigenvalue weighted by Gasteiger charge is 2.38. The lowest BCUT2D eigenvalue weighted by molar-refractivity contribution is 0.372. The number of hydrogen-bond acceptors (Lipinski definition) is 5. The van der Waals surface area contributed by atoms with Gasteiger partial charge in [0.2, 0.25) is 5.90 Å². The van der Waals surface area contributed by atoms with Crippen LogP contribution >= 0.6 is 11.6 Å². The number of nitrogens with one attached hydrogen (secondary N) is 1. The first kappa shape index (κ1) is 17.2. The van der Waals surface area contributed by atoms with E-state index in [1.165, 1.54) is 7.11 Å². The maximum absolute atomic E-state index is 10.0. The zero-order valence-corrected chi connectivity index (χ0v) is 15.1. The number of aromatic hydroxyl groups is 1. The Morgan fingerprint density at radius 2 is 2.00 bits per heavy atom. The Hall–Kier alpha value is -3.23. The summed E-state index contributed by atoms with van der Waals surface area (Å²) in [5.74, 6) is -0.772. The smallest absolute Gasteiger partial charge is 0.205 e. The second-order valence-corrected chi connectivity index (χ2v) is 6.72. The normalized spacial score (nSPS) is 18.5. The molecule has 0 spiro atoms. The minimum atomic E-state index is -0.816. The van der Waals surface area contributed by atoms with Crippen molar-refractivity contribution in [2.75, 3.05) is 7.11 Å². The molecule has 3 aromatic carbocycles. The Labute approximate surface area is 160 Å². The van der Waals surface area contributed by atoms with Crippen LogP contribution in [0.4, 0.5) is 0 Å². The predicted molar refractivity (Wildman–Crippen MR) is 103 cm³/mol. The quantitative estimate of drug-likeness (QED) is 0.667. The number of nitriles is 1. The molecule has 0 saturated heterocycles. The summed E-state index contributed by atoms with van der Waals surface area (Å²) in [5.41, 5.74) is 1.46. The molecule has 0 aliphatic carbocycles. The first-order valence-electron chi connectivity index (χ1n) is 8.29. The first-order chi connectivity index (χ1) is 13.0. The third kappa shape index (κ3) is 2.66. The van der Waals surface area contributed by atoms with Crippen LogP contribution in [-0.2, 0) is 0 Å². The zero-order valence-electron chi connectivity index (χ0n) is 14.4. The van der Waals surface area contributed by atoms with Gasteiger partial charge in [-0.05, 0) is 23.1 Å². The van der Waals surface area contributed by atoms with E-state index in [9.17, 15) is 10.4 Å². The number of phenols is 1. The molecule has 5 nitrogen and oxygen atoms in total. The fourth-order valence-electron chi connectivity index (χ4n) is 3.56. The van der Waals surface area contributed by atoms with E-state index >= 15 is 0 Å². The van der Waals surface area contributed by atoms with E-state index in [4.69, 9.17) is 26.5 Å². The summed E-state index contributed by atoms with van der Waals surface area (Å²) < 4.78 is 11.0. The number of methoxy groups -OCH3 is 1. The van der Waals surface area contributed by atoms with E-state index in [-0.39, 0.29) is 22.4 Å². The van der Waals surface area contributed by atoms with Crippen molar-refractivity contribution in [1.82, 2.24) is 0 Å². The van der Waals surface area contributed by atoms with Crippen LogP contribution in [-0.4, -0.2) is 18.1 Å². The molecule has 2 atom stereocenters. The molecule has 0 saturated carbocycles. The van der Waals surface area contributed by atoms with Crippen molar-refractivity contribution in [3.8, 4) is 23.3 Å². The van der Waals surface area contributed by atoms with E-state index in [0.29, 0.717) is 11.3 Å². The summed E-state index contributed by atoms with van der Waals surface area (Å²) >= 11 is 6.17. The van der Waals surface area contributed by atoms with E-state index in [0.717, 1.165) is 16.3 Å². The fourth-order valence-corrected chi connectivity index (χ4v) is 3.78. The van der Waals surface area contributed by atoms with Crippen molar-refractivity contribution in [3.05, 3.63) is 64.7 Å². The van der Waals surface area contributed by atoms with Crippen LogP contribution in [0.25, 0.3) is 10.8 Å². The van der Waals surface area contributed by atoms with Crippen LogP contribution in [0.15, 0.2) is 48.5 Å². The van der Waals surface area contributed by atoms with Crippen molar-refractivity contribution in [3.63, 3.8) is 0 Å². The minimum absolute atomic E-state index is 0.116. The highest BCUT2D eigenvalue weighted by atomic mass is 35.5. The standard InChI is InChI=1S/C21H15ClN2O3/c1-26-17-9-12(8-16(22)19(17)25)18-14-7-6-11-4-2-3-5-13(11)20(14)27-21(24)15(18)10-23/h2-9,15,18,24-25H,1H3. The lowest BCUT2D eigenvalue weighted by atomic mass is 9.78. The second kappa shape index (κ2) is 6.49. The molecule has 0 fully saturated rings. The van der Waals surface area contributed by atoms with Crippen LogP contribution in [0.1, 0.15) is 17.0 Å². The van der Waals surface area contributed by atoms with E-state index in [1.54, 1.807) is 12.1 Å². The summed E-state index contributed by atoms with van der Waals surface area (Å²) in [6.07, 6.45) is 0. The van der Waals surface area contributed by atoms with Crippen LogP contribution in [0.5, 0.6) is 17.2 Å². The number of halogens is 1. The number of ether oxygens (including phenoxy) is 2. The third-order valence-corrected chi connectivity index (χ3v) is 5.13. The number of hydrogen-bond donors (Lipinski definition) is 2. The fraction of sp³-hybridized carbons (Fsp3) is 0.143. The molecule has 3 aromatic rings. The molecule has 1 aliphatic rings. The summed E-state index contributed by atoms with van der Waals surface area (Å²) in [6, 6.07) is 17.0. The van der Waals surface area contributed by atoms with E-state index < -0.39 is 11.8 Å². The van der Waals surface area contributed by atoms with Gasteiger partial charge in [0.15, 0.2) is 11.5 Å². The maximum atomic E-state index is 10.0. The lowest BCUT2D eigenvalue weighted by Crippen LogP contribution is -2.31. The van der Waals surface area contributed by atoms with Gasteiger partial charge in [-0.1, -0.05) is 48.0 Å². The number of fused-ring (bicyclic) bond motifs is 3. The van der Waals surface area contributed by atoms with Gasteiger partial charge < -0.3 is 14.6 Å². The Kier molecular flexibility index (Phi) is 4.14. The SMILES string of the molecule is COc1cc(C2c3ccc4ccccc4c3OC(=N)C2C#N)cc(Cl)c1O. The Morgan fingerprint density at radius 1 is 1.22 bits per heavy atom. The first-order valence-corrected chi connectivity index (χ1v) is 8.67. The molecule has 6 heteroatoms. The van der Waals surface area contributed by atoms with Gasteiger partial charge in [0.25, 0.3) is 0 Å². The molecule has 134 valence electrons. The van der Waals surface area contributed by atoms with Crippen LogP contribution in [0, 0.1) is 22.7 Å². The van der Waals surface area contributed by atoms with Crippen molar-refractivity contribution in [2.45, 2.75) is 5.92 Å². The lowest BCUT2D eigenvalue weighted by Gasteiger charge is -2.31. The average molecular weight is 379 g/mol. The number of nitrogens with zero attached hydrogens (tertiary/aromatic N) is 1. The molecule has 1 heterocycles. The minimum Gasteiger partial charge on any atom is -0.503 e. The van der Waals surface area contributed by atoms with Gasteiger partial charge in [-0.2, -0.15) is 5.26 Å². The number of benzene rings is 3. The van der Waals surface area contributed by atoms with Crippen LogP contribution in [0.2, 0.25) is 5.02 Å². The largest absolute Gasteiger partial charge is 0.503 e.